The lowest BCUT2D eigenvalue weighted by molar-refractivity contribution is 0.475. The van der Waals surface area contributed by atoms with E-state index in [1.807, 2.05) is 0 Å². The molecule has 6 nitrogen and oxygen atoms in total. The van der Waals surface area contributed by atoms with Crippen LogP contribution in [0.1, 0.15) is 11.5 Å². The van der Waals surface area contributed by atoms with Crippen LogP contribution in [0.2, 0.25) is 5.02 Å². The Morgan fingerprint density at radius 2 is 2.15 bits per heavy atom. The van der Waals surface area contributed by atoms with Gasteiger partial charge in [-0.2, -0.15) is 0 Å². The summed E-state index contributed by atoms with van der Waals surface area (Å²) in [5, 5.41) is 3.00. The lowest BCUT2D eigenvalue weighted by atomic mass is 10.4. The molecule has 20 heavy (non-hydrogen) atoms. The predicted molar refractivity (Wildman–Crippen MR) is 76.3 cm³/mol. The van der Waals surface area contributed by atoms with Crippen LogP contribution in [0.4, 0.5) is 5.82 Å². The average molecular weight is 316 g/mol. The molecule has 0 fully saturated rings. The van der Waals surface area contributed by atoms with Crippen LogP contribution in [0.5, 0.6) is 0 Å². The molecule has 0 bridgehead atoms. The third kappa shape index (κ3) is 3.30. The van der Waals surface area contributed by atoms with Gasteiger partial charge in [0.2, 0.25) is 10.0 Å². The van der Waals surface area contributed by atoms with E-state index in [0.717, 1.165) is 5.76 Å². The quantitative estimate of drug-likeness (QED) is 0.883. The zero-order valence-corrected chi connectivity index (χ0v) is 12.5. The third-order valence-corrected chi connectivity index (χ3v) is 4.25. The summed E-state index contributed by atoms with van der Waals surface area (Å²) in [7, 11) is -2.03. The minimum absolute atomic E-state index is 0.00442. The van der Waals surface area contributed by atoms with Crippen molar-refractivity contribution in [1.29, 1.82) is 0 Å². The first-order valence-corrected chi connectivity index (χ1v) is 7.67. The molecule has 0 spiro atoms. The second kappa shape index (κ2) is 5.82. The number of nitrogens with one attached hydrogen (secondary N) is 2. The Kier molecular flexibility index (Phi) is 4.32. The fourth-order valence-electron chi connectivity index (χ4n) is 1.58. The Morgan fingerprint density at radius 3 is 2.70 bits per heavy atom. The van der Waals surface area contributed by atoms with Gasteiger partial charge in [-0.05, 0) is 25.1 Å². The first kappa shape index (κ1) is 14.8. The van der Waals surface area contributed by atoms with E-state index >= 15 is 0 Å². The molecule has 0 saturated carbocycles. The molecular formula is C12H14ClN3O3S. The van der Waals surface area contributed by atoms with Crippen molar-refractivity contribution in [2.24, 2.45) is 0 Å². The topological polar surface area (TPSA) is 84.2 Å². The zero-order chi connectivity index (χ0) is 14.8. The standard InChI is InChI=1S/C12H14ClN3O3S/c1-8-3-4-9(19-8)6-16-20(17,18)10-5-11(13)12(14-2)15-7-10/h3-5,7,16H,6H2,1-2H3,(H,14,15). The monoisotopic (exact) mass is 315 g/mol. The number of pyridine rings is 1. The van der Waals surface area contributed by atoms with Gasteiger partial charge in [0.15, 0.2) is 0 Å². The van der Waals surface area contributed by atoms with Crippen LogP contribution in [0, 0.1) is 6.92 Å². The highest BCUT2D eigenvalue weighted by atomic mass is 35.5. The molecule has 8 heteroatoms. The number of rotatable bonds is 5. The second-order valence-electron chi connectivity index (χ2n) is 4.09. The Bertz CT molecular complexity index is 712. The van der Waals surface area contributed by atoms with Crippen LogP contribution in [0.15, 0.2) is 33.7 Å². The van der Waals surface area contributed by atoms with Gasteiger partial charge >= 0.3 is 0 Å². The number of hydrogen-bond acceptors (Lipinski definition) is 5. The molecule has 2 heterocycles. The van der Waals surface area contributed by atoms with Crippen LogP contribution in [0.3, 0.4) is 0 Å². The van der Waals surface area contributed by atoms with Crippen molar-refractivity contribution in [3.8, 4) is 0 Å². The van der Waals surface area contributed by atoms with E-state index in [4.69, 9.17) is 16.0 Å². The number of nitrogens with zero attached hydrogens (tertiary/aromatic N) is 1. The largest absolute Gasteiger partial charge is 0.465 e. The molecule has 0 atom stereocenters. The Hall–Kier alpha value is -1.57. The first-order valence-electron chi connectivity index (χ1n) is 5.80. The molecule has 2 N–H and O–H groups in total. The molecule has 0 aliphatic rings. The minimum atomic E-state index is -3.68. The third-order valence-electron chi connectivity index (χ3n) is 2.60. The number of furan rings is 1. The van der Waals surface area contributed by atoms with E-state index < -0.39 is 10.0 Å². The maximum absolute atomic E-state index is 12.1. The van der Waals surface area contributed by atoms with Crippen molar-refractivity contribution in [3.05, 3.63) is 40.9 Å². The molecule has 0 radical (unpaired) electrons. The summed E-state index contributed by atoms with van der Waals surface area (Å²) in [5.41, 5.74) is 0. The highest BCUT2D eigenvalue weighted by Crippen LogP contribution is 2.22. The fraction of sp³-hybridized carbons (Fsp3) is 0.250. The van der Waals surface area contributed by atoms with Gasteiger partial charge in [0.1, 0.15) is 22.2 Å². The molecular weight excluding hydrogens is 302 g/mol. The highest BCUT2D eigenvalue weighted by molar-refractivity contribution is 7.89. The summed E-state index contributed by atoms with van der Waals surface area (Å²) < 4.78 is 31.9. The zero-order valence-electron chi connectivity index (χ0n) is 11.0. The van der Waals surface area contributed by atoms with E-state index in [0.29, 0.717) is 11.6 Å². The molecule has 2 rings (SSSR count). The molecule has 108 valence electrons. The second-order valence-corrected chi connectivity index (χ2v) is 6.26. The molecule has 2 aromatic rings. The van der Waals surface area contributed by atoms with Crippen molar-refractivity contribution in [2.75, 3.05) is 12.4 Å². The number of hydrogen-bond donors (Lipinski definition) is 2. The normalized spacial score (nSPS) is 11.6. The number of halogens is 1. The highest BCUT2D eigenvalue weighted by Gasteiger charge is 2.16. The van der Waals surface area contributed by atoms with Gasteiger partial charge in [-0.15, -0.1) is 0 Å². The van der Waals surface area contributed by atoms with Crippen LogP contribution >= 0.6 is 11.6 Å². The lowest BCUT2D eigenvalue weighted by Crippen LogP contribution is -2.23. The molecule has 0 aliphatic heterocycles. The number of aromatic nitrogens is 1. The van der Waals surface area contributed by atoms with Crippen molar-refractivity contribution in [2.45, 2.75) is 18.4 Å². The van der Waals surface area contributed by atoms with Gasteiger partial charge in [-0.1, -0.05) is 11.6 Å². The molecule has 0 aromatic carbocycles. The van der Waals surface area contributed by atoms with Gasteiger partial charge in [0.25, 0.3) is 0 Å². The summed E-state index contributed by atoms with van der Waals surface area (Å²) >= 11 is 5.92. The summed E-state index contributed by atoms with van der Waals surface area (Å²) in [6.07, 6.45) is 1.24. The van der Waals surface area contributed by atoms with Gasteiger partial charge in [-0.25, -0.2) is 18.1 Å². The van der Waals surface area contributed by atoms with Crippen LogP contribution in [0.25, 0.3) is 0 Å². The van der Waals surface area contributed by atoms with Crippen molar-refractivity contribution in [3.63, 3.8) is 0 Å². The van der Waals surface area contributed by atoms with Crippen LogP contribution in [-0.4, -0.2) is 20.4 Å². The van der Waals surface area contributed by atoms with E-state index in [2.05, 4.69) is 15.0 Å². The lowest BCUT2D eigenvalue weighted by Gasteiger charge is -2.07. The molecule has 0 amide bonds. The first-order chi connectivity index (χ1) is 9.42. The van der Waals surface area contributed by atoms with Crippen molar-refractivity contribution < 1.29 is 12.8 Å². The number of sulfonamides is 1. The molecule has 0 unspecified atom stereocenters. The number of anilines is 1. The van der Waals surface area contributed by atoms with Gasteiger partial charge in [0, 0.05) is 13.2 Å². The molecule has 0 saturated heterocycles. The van der Waals surface area contributed by atoms with E-state index in [1.54, 1.807) is 26.1 Å². The van der Waals surface area contributed by atoms with Gasteiger partial charge in [0.05, 0.1) is 11.6 Å². The van der Waals surface area contributed by atoms with E-state index in [1.165, 1.54) is 12.3 Å². The predicted octanol–water partition coefficient (Wildman–Crippen LogP) is 2.16. The Labute approximate surface area is 122 Å². The summed E-state index contributed by atoms with van der Waals surface area (Å²) in [5.74, 6) is 1.69. The average Bonchev–Trinajstić information content (AvgIpc) is 2.82. The van der Waals surface area contributed by atoms with Crippen molar-refractivity contribution >= 4 is 27.4 Å². The number of aryl methyl sites for hydroxylation is 1. The Balaban J connectivity index is 2.15. The van der Waals surface area contributed by atoms with E-state index in [9.17, 15) is 8.42 Å². The summed E-state index contributed by atoms with van der Waals surface area (Å²) in [6, 6.07) is 4.83. The van der Waals surface area contributed by atoms with Crippen molar-refractivity contribution in [1.82, 2.24) is 9.71 Å². The van der Waals surface area contributed by atoms with Crippen LogP contribution < -0.4 is 10.0 Å². The van der Waals surface area contributed by atoms with E-state index in [-0.39, 0.29) is 16.5 Å². The molecule has 0 aliphatic carbocycles. The van der Waals surface area contributed by atoms with Crippen LogP contribution in [-0.2, 0) is 16.6 Å². The smallest absolute Gasteiger partial charge is 0.242 e. The van der Waals surface area contributed by atoms with Gasteiger partial charge in [-0.3, -0.25) is 0 Å². The maximum atomic E-state index is 12.1. The fourth-order valence-corrected chi connectivity index (χ4v) is 2.87. The summed E-state index contributed by atoms with van der Waals surface area (Å²) in [6.45, 7) is 1.86. The SMILES string of the molecule is CNc1ncc(S(=O)(=O)NCc2ccc(C)o2)cc1Cl. The van der Waals surface area contributed by atoms with Gasteiger partial charge < -0.3 is 9.73 Å². The Morgan fingerprint density at radius 1 is 1.40 bits per heavy atom. The maximum Gasteiger partial charge on any atom is 0.242 e. The minimum Gasteiger partial charge on any atom is -0.465 e. The summed E-state index contributed by atoms with van der Waals surface area (Å²) in [4.78, 5) is 3.94. The molecule has 2 aromatic heterocycles.